The average molecular weight is 469 g/mol. The van der Waals surface area contributed by atoms with E-state index < -0.39 is 11.4 Å². The van der Waals surface area contributed by atoms with Crippen molar-refractivity contribution in [2.75, 3.05) is 18.2 Å². The van der Waals surface area contributed by atoms with E-state index in [0.717, 1.165) is 5.69 Å². The molecule has 172 valence electrons. The minimum Gasteiger partial charge on any atom is -0.348 e. The number of carbonyl (C=O) groups excluding carboxylic acids is 2. The number of benzene rings is 2. The number of amides is 1. The molecule has 0 atom stereocenters. The van der Waals surface area contributed by atoms with Crippen LogP contribution in [0.1, 0.15) is 43.0 Å². The van der Waals surface area contributed by atoms with Crippen LogP contribution < -0.4 is 10.4 Å². The van der Waals surface area contributed by atoms with Crippen LogP contribution in [0.5, 0.6) is 0 Å². The van der Waals surface area contributed by atoms with Crippen molar-refractivity contribution < 1.29 is 19.1 Å². The molecule has 1 N–H and O–H groups in total. The van der Waals surface area contributed by atoms with E-state index in [2.05, 4.69) is 5.43 Å². The zero-order valence-corrected chi connectivity index (χ0v) is 19.0. The van der Waals surface area contributed by atoms with E-state index in [4.69, 9.17) is 26.2 Å². The molecular weight excluding hydrogens is 444 g/mol. The van der Waals surface area contributed by atoms with Gasteiger partial charge in [-0.2, -0.15) is 0 Å². The maximum atomic E-state index is 13.1. The summed E-state index contributed by atoms with van der Waals surface area (Å²) in [5.41, 5.74) is 3.45. The molecule has 9 heteroatoms. The van der Waals surface area contributed by atoms with Crippen molar-refractivity contribution in [3.63, 3.8) is 0 Å². The minimum atomic E-state index is -0.792. The standard InChI is InChI=1S/C24H25ClN4O4/c1-17(30)21-26-28(20-9-7-19(25)8-10-20)23(11-13-24(14-12-23)32-15-16-33-24)29(21)27-22(31)18-5-3-2-4-6-18/h2-10H,11-16H2,1H3,(H,27,31). The molecule has 1 aliphatic carbocycles. The summed E-state index contributed by atoms with van der Waals surface area (Å²) in [4.78, 5) is 25.8. The average Bonchev–Trinajstić information content (AvgIpc) is 3.41. The number of hydrogen-bond acceptors (Lipinski definition) is 7. The predicted molar refractivity (Wildman–Crippen MR) is 124 cm³/mol. The fourth-order valence-electron chi connectivity index (χ4n) is 4.80. The number of anilines is 1. The number of hydrazone groups is 1. The van der Waals surface area contributed by atoms with Gasteiger partial charge in [0.25, 0.3) is 5.91 Å². The number of carbonyl (C=O) groups is 2. The summed E-state index contributed by atoms with van der Waals surface area (Å²) in [6.45, 7) is 2.59. The second-order valence-corrected chi connectivity index (χ2v) is 8.94. The number of hydrazine groups is 1. The van der Waals surface area contributed by atoms with E-state index in [-0.39, 0.29) is 17.5 Å². The Hall–Kier alpha value is -2.94. The van der Waals surface area contributed by atoms with Gasteiger partial charge in [0.05, 0.1) is 18.9 Å². The van der Waals surface area contributed by atoms with E-state index in [9.17, 15) is 9.59 Å². The lowest BCUT2D eigenvalue weighted by molar-refractivity contribution is -0.191. The quantitative estimate of drug-likeness (QED) is 0.736. The first kappa shape index (κ1) is 21.9. The van der Waals surface area contributed by atoms with Crippen LogP contribution in [0.15, 0.2) is 59.7 Å². The van der Waals surface area contributed by atoms with Gasteiger partial charge in [-0.3, -0.25) is 15.0 Å². The molecule has 8 nitrogen and oxygen atoms in total. The Morgan fingerprint density at radius 2 is 1.61 bits per heavy atom. The van der Waals surface area contributed by atoms with Crippen LogP contribution in [-0.4, -0.2) is 47.2 Å². The highest BCUT2D eigenvalue weighted by molar-refractivity contribution is 6.39. The van der Waals surface area contributed by atoms with E-state index >= 15 is 0 Å². The molecule has 2 aromatic carbocycles. The smallest absolute Gasteiger partial charge is 0.269 e. The fourth-order valence-corrected chi connectivity index (χ4v) is 4.92. The molecule has 3 aliphatic rings. The first-order chi connectivity index (χ1) is 15.9. The molecular formula is C24H25ClN4O4. The summed E-state index contributed by atoms with van der Waals surface area (Å²) in [6.07, 6.45) is 2.33. The summed E-state index contributed by atoms with van der Waals surface area (Å²) in [5.74, 6) is -0.993. The van der Waals surface area contributed by atoms with Crippen LogP contribution in [0, 0.1) is 0 Å². The number of rotatable bonds is 4. The fraction of sp³-hybridized carbons (Fsp3) is 0.375. The third-order valence-corrected chi connectivity index (χ3v) is 6.73. The molecule has 2 heterocycles. The monoisotopic (exact) mass is 468 g/mol. The summed E-state index contributed by atoms with van der Waals surface area (Å²) in [5, 5.41) is 8.77. The molecule has 1 amide bonds. The molecule has 0 aromatic heterocycles. The molecule has 2 aromatic rings. The minimum absolute atomic E-state index is 0.179. The molecule has 1 saturated carbocycles. The van der Waals surface area contributed by atoms with E-state index in [1.165, 1.54) is 6.92 Å². The zero-order chi connectivity index (χ0) is 23.1. The van der Waals surface area contributed by atoms with E-state index in [1.807, 2.05) is 23.2 Å². The molecule has 5 rings (SSSR count). The van der Waals surface area contributed by atoms with Crippen molar-refractivity contribution in [2.24, 2.45) is 5.10 Å². The highest BCUT2D eigenvalue weighted by atomic mass is 35.5. The topological polar surface area (TPSA) is 83.5 Å². The molecule has 0 radical (unpaired) electrons. The van der Waals surface area contributed by atoms with Crippen molar-refractivity contribution in [3.8, 4) is 0 Å². The Morgan fingerprint density at radius 1 is 0.970 bits per heavy atom. The highest BCUT2D eigenvalue weighted by Gasteiger charge is 2.57. The van der Waals surface area contributed by atoms with Crippen LogP contribution in [0.4, 0.5) is 5.69 Å². The maximum absolute atomic E-state index is 13.1. The van der Waals surface area contributed by atoms with Gasteiger partial charge in [0, 0.05) is 30.4 Å². The summed E-state index contributed by atoms with van der Waals surface area (Å²) < 4.78 is 11.9. The van der Waals surface area contributed by atoms with Gasteiger partial charge in [-0.15, -0.1) is 5.10 Å². The first-order valence-corrected chi connectivity index (χ1v) is 11.4. The molecule has 0 bridgehead atoms. The summed E-state index contributed by atoms with van der Waals surface area (Å²) in [7, 11) is 0. The Labute approximate surface area is 197 Å². The van der Waals surface area contributed by atoms with Crippen LogP contribution >= 0.6 is 11.6 Å². The predicted octanol–water partition coefficient (Wildman–Crippen LogP) is 3.72. The van der Waals surface area contributed by atoms with Crippen molar-refractivity contribution >= 4 is 34.8 Å². The lowest BCUT2D eigenvalue weighted by atomic mass is 9.83. The molecule has 2 fully saturated rings. The molecule has 0 unspecified atom stereocenters. The second kappa shape index (κ2) is 8.44. The van der Waals surface area contributed by atoms with Crippen LogP contribution in [-0.2, 0) is 14.3 Å². The maximum Gasteiger partial charge on any atom is 0.269 e. The van der Waals surface area contributed by atoms with E-state index in [0.29, 0.717) is 49.5 Å². The molecule has 33 heavy (non-hydrogen) atoms. The lowest BCUT2D eigenvalue weighted by Gasteiger charge is -2.49. The Morgan fingerprint density at radius 3 is 2.21 bits per heavy atom. The van der Waals surface area contributed by atoms with Gasteiger partial charge in [-0.05, 0) is 49.2 Å². The zero-order valence-electron chi connectivity index (χ0n) is 18.3. The van der Waals surface area contributed by atoms with Crippen molar-refractivity contribution in [1.29, 1.82) is 0 Å². The normalized spacial score (nSPS) is 20.8. The first-order valence-electron chi connectivity index (χ1n) is 11.0. The number of ether oxygens (including phenoxy) is 2. The second-order valence-electron chi connectivity index (χ2n) is 8.50. The van der Waals surface area contributed by atoms with Gasteiger partial charge >= 0.3 is 0 Å². The molecule has 2 aliphatic heterocycles. The van der Waals surface area contributed by atoms with Gasteiger partial charge in [0.1, 0.15) is 0 Å². The van der Waals surface area contributed by atoms with Gasteiger partial charge in [0.15, 0.2) is 17.2 Å². The number of amidine groups is 1. The van der Waals surface area contributed by atoms with Crippen LogP contribution in [0.2, 0.25) is 5.02 Å². The molecule has 2 spiro atoms. The largest absolute Gasteiger partial charge is 0.348 e. The SMILES string of the molecule is CC(=O)C1=NN(c2ccc(Cl)cc2)C2(CCC3(CC2)OCCO3)N1NC(=O)c1ccccc1. The Balaban J connectivity index is 1.54. The Bertz CT molecular complexity index is 1070. The lowest BCUT2D eigenvalue weighted by Crippen LogP contribution is -2.65. The van der Waals surface area contributed by atoms with E-state index in [1.54, 1.807) is 41.4 Å². The van der Waals surface area contributed by atoms with Crippen LogP contribution in [0.25, 0.3) is 0 Å². The summed E-state index contributed by atoms with van der Waals surface area (Å²) in [6, 6.07) is 16.2. The van der Waals surface area contributed by atoms with Crippen LogP contribution in [0.3, 0.4) is 0 Å². The third-order valence-electron chi connectivity index (χ3n) is 6.48. The van der Waals surface area contributed by atoms with Crippen molar-refractivity contribution in [3.05, 3.63) is 65.2 Å². The third kappa shape index (κ3) is 3.88. The van der Waals surface area contributed by atoms with Gasteiger partial charge in [-0.25, -0.2) is 10.0 Å². The number of ketones is 1. The van der Waals surface area contributed by atoms with Gasteiger partial charge < -0.3 is 9.47 Å². The van der Waals surface area contributed by atoms with Crippen molar-refractivity contribution in [1.82, 2.24) is 10.4 Å². The Kier molecular flexibility index (Phi) is 5.60. The van der Waals surface area contributed by atoms with Crippen molar-refractivity contribution in [2.45, 2.75) is 44.1 Å². The number of nitrogens with zero attached hydrogens (tertiary/aromatic N) is 3. The number of halogens is 1. The number of hydrogen-bond donors (Lipinski definition) is 1. The number of Topliss-reactive ketones (excluding diaryl/α,β-unsaturated/α-hetero) is 1. The van der Waals surface area contributed by atoms with Gasteiger partial charge in [-0.1, -0.05) is 29.8 Å². The summed E-state index contributed by atoms with van der Waals surface area (Å²) >= 11 is 6.11. The van der Waals surface area contributed by atoms with Gasteiger partial charge in [0.2, 0.25) is 5.84 Å². The number of nitrogens with one attached hydrogen (secondary N) is 1. The molecule has 1 saturated heterocycles. The highest BCUT2D eigenvalue weighted by Crippen LogP contribution is 2.48.